The van der Waals surface area contributed by atoms with Crippen molar-refractivity contribution in [2.75, 3.05) is 0 Å². The number of hydrogen-bond donors (Lipinski definition) is 1. The summed E-state index contributed by atoms with van der Waals surface area (Å²) in [4.78, 5) is 15.5. The van der Waals surface area contributed by atoms with Crippen LogP contribution in [0.15, 0.2) is 40.7 Å². The molecular weight excluding hydrogens is 328 g/mol. The summed E-state index contributed by atoms with van der Waals surface area (Å²) in [6, 6.07) is 7.29. The van der Waals surface area contributed by atoms with Gasteiger partial charge in [0, 0.05) is 6.20 Å². The highest BCUT2D eigenvalue weighted by molar-refractivity contribution is 6.30. The second-order valence-electron chi connectivity index (χ2n) is 5.61. The van der Waals surface area contributed by atoms with Gasteiger partial charge in [0.1, 0.15) is 5.65 Å². The third-order valence-corrected chi connectivity index (χ3v) is 3.86. The second kappa shape index (κ2) is 6.05. The predicted molar refractivity (Wildman–Crippen MR) is 92.0 cm³/mol. The summed E-state index contributed by atoms with van der Waals surface area (Å²) in [5.41, 5.74) is 4.08. The standard InChI is InChI=1S/C17H15ClN4O2/c1-9-6-10(2)14(11(3)7-9)20-21-16-15(17(23)24)19-13-5-4-12(18)8-22(13)16/h4-8H,1-3H3,(H,23,24). The number of halogens is 1. The highest BCUT2D eigenvalue weighted by atomic mass is 35.5. The van der Waals surface area contributed by atoms with Crippen LogP contribution in [0.25, 0.3) is 5.65 Å². The van der Waals surface area contributed by atoms with Crippen molar-refractivity contribution in [1.29, 1.82) is 0 Å². The van der Waals surface area contributed by atoms with Gasteiger partial charge in [-0.3, -0.25) is 4.40 Å². The molecule has 0 atom stereocenters. The molecule has 122 valence electrons. The molecular formula is C17H15ClN4O2. The number of azo groups is 1. The molecule has 0 spiro atoms. The minimum atomic E-state index is -1.17. The highest BCUT2D eigenvalue weighted by Crippen LogP contribution is 2.29. The summed E-state index contributed by atoms with van der Waals surface area (Å²) in [5, 5.41) is 18.3. The van der Waals surface area contributed by atoms with E-state index in [1.54, 1.807) is 18.3 Å². The lowest BCUT2D eigenvalue weighted by Gasteiger charge is -2.05. The Morgan fingerprint density at radius 1 is 1.17 bits per heavy atom. The van der Waals surface area contributed by atoms with E-state index in [2.05, 4.69) is 15.2 Å². The molecule has 0 saturated carbocycles. The van der Waals surface area contributed by atoms with Crippen LogP contribution in [0.5, 0.6) is 0 Å². The molecule has 0 aliphatic carbocycles. The van der Waals surface area contributed by atoms with E-state index < -0.39 is 5.97 Å². The zero-order valence-electron chi connectivity index (χ0n) is 13.4. The first-order valence-corrected chi connectivity index (χ1v) is 7.65. The van der Waals surface area contributed by atoms with E-state index in [9.17, 15) is 9.90 Å². The van der Waals surface area contributed by atoms with Gasteiger partial charge < -0.3 is 5.11 Å². The Bertz CT molecular complexity index is 969. The van der Waals surface area contributed by atoms with Gasteiger partial charge in [-0.2, -0.15) is 0 Å². The number of benzene rings is 1. The molecule has 3 rings (SSSR count). The van der Waals surface area contributed by atoms with Crippen molar-refractivity contribution < 1.29 is 9.90 Å². The van der Waals surface area contributed by atoms with Crippen molar-refractivity contribution in [3.63, 3.8) is 0 Å². The number of carboxylic acids is 1. The highest BCUT2D eigenvalue weighted by Gasteiger charge is 2.18. The molecule has 1 N–H and O–H groups in total. The number of hydrogen-bond acceptors (Lipinski definition) is 4. The monoisotopic (exact) mass is 342 g/mol. The molecule has 0 bridgehead atoms. The Kier molecular flexibility index (Phi) is 4.07. The fraction of sp³-hybridized carbons (Fsp3) is 0.176. The van der Waals surface area contributed by atoms with Crippen LogP contribution in [0.2, 0.25) is 5.02 Å². The Morgan fingerprint density at radius 3 is 2.46 bits per heavy atom. The van der Waals surface area contributed by atoms with Crippen LogP contribution < -0.4 is 0 Å². The van der Waals surface area contributed by atoms with E-state index in [0.717, 1.165) is 16.7 Å². The predicted octanol–water partition coefficient (Wildman–Crippen LogP) is 5.03. The number of imidazole rings is 1. The Labute approximate surface area is 143 Å². The van der Waals surface area contributed by atoms with E-state index in [1.165, 1.54) is 4.40 Å². The Hall–Kier alpha value is -2.73. The third kappa shape index (κ3) is 2.88. The summed E-state index contributed by atoms with van der Waals surface area (Å²) < 4.78 is 1.52. The fourth-order valence-electron chi connectivity index (χ4n) is 2.67. The molecule has 0 fully saturated rings. The summed E-state index contributed by atoms with van der Waals surface area (Å²) in [6.45, 7) is 5.89. The van der Waals surface area contributed by atoms with Gasteiger partial charge in [0.15, 0.2) is 11.5 Å². The van der Waals surface area contributed by atoms with E-state index in [4.69, 9.17) is 11.6 Å². The maximum Gasteiger partial charge on any atom is 0.358 e. The van der Waals surface area contributed by atoms with E-state index in [0.29, 0.717) is 16.4 Å². The molecule has 24 heavy (non-hydrogen) atoms. The van der Waals surface area contributed by atoms with Crippen LogP contribution in [0.3, 0.4) is 0 Å². The van der Waals surface area contributed by atoms with Crippen LogP contribution in [0, 0.1) is 20.8 Å². The lowest BCUT2D eigenvalue weighted by atomic mass is 10.1. The van der Waals surface area contributed by atoms with E-state index in [-0.39, 0.29) is 11.5 Å². The minimum absolute atomic E-state index is 0.138. The smallest absolute Gasteiger partial charge is 0.358 e. The molecule has 0 aliphatic rings. The summed E-state index contributed by atoms with van der Waals surface area (Å²) >= 11 is 6.00. The fourth-order valence-corrected chi connectivity index (χ4v) is 2.83. The van der Waals surface area contributed by atoms with Crippen molar-refractivity contribution in [3.05, 3.63) is 57.9 Å². The second-order valence-corrected chi connectivity index (χ2v) is 6.05. The molecule has 2 aromatic heterocycles. The minimum Gasteiger partial charge on any atom is -0.476 e. The molecule has 0 saturated heterocycles. The zero-order chi connectivity index (χ0) is 17.4. The number of carboxylic acid groups (broad SMARTS) is 1. The summed E-state index contributed by atoms with van der Waals surface area (Å²) in [6.07, 6.45) is 1.57. The van der Waals surface area contributed by atoms with Gasteiger partial charge in [0.25, 0.3) is 0 Å². The molecule has 0 aliphatic heterocycles. The number of aromatic carboxylic acids is 1. The van der Waals surface area contributed by atoms with Crippen molar-refractivity contribution >= 4 is 34.7 Å². The number of fused-ring (bicyclic) bond motifs is 1. The van der Waals surface area contributed by atoms with Crippen molar-refractivity contribution in [1.82, 2.24) is 9.38 Å². The zero-order valence-corrected chi connectivity index (χ0v) is 14.2. The summed E-state index contributed by atoms with van der Waals surface area (Å²) in [7, 11) is 0. The Morgan fingerprint density at radius 2 is 1.83 bits per heavy atom. The number of carbonyl (C=O) groups is 1. The molecule has 7 heteroatoms. The molecule has 0 amide bonds. The van der Waals surface area contributed by atoms with Gasteiger partial charge in [-0.25, -0.2) is 9.78 Å². The first kappa shape index (κ1) is 16.1. The van der Waals surface area contributed by atoms with Crippen LogP contribution in [0.4, 0.5) is 11.5 Å². The molecule has 1 aromatic carbocycles. The quantitative estimate of drug-likeness (QED) is 0.678. The van der Waals surface area contributed by atoms with Gasteiger partial charge in [-0.1, -0.05) is 29.3 Å². The normalized spacial score (nSPS) is 11.5. The van der Waals surface area contributed by atoms with Gasteiger partial charge in [-0.05, 0) is 44.0 Å². The van der Waals surface area contributed by atoms with Gasteiger partial charge in [-0.15, -0.1) is 10.2 Å². The number of aryl methyl sites for hydroxylation is 3. The van der Waals surface area contributed by atoms with Crippen LogP contribution in [-0.4, -0.2) is 20.5 Å². The van der Waals surface area contributed by atoms with Crippen molar-refractivity contribution in [2.45, 2.75) is 20.8 Å². The van der Waals surface area contributed by atoms with Gasteiger partial charge in [0.05, 0.1) is 10.7 Å². The molecule has 0 radical (unpaired) electrons. The average Bonchev–Trinajstić information content (AvgIpc) is 2.84. The third-order valence-electron chi connectivity index (χ3n) is 3.64. The maximum absolute atomic E-state index is 11.5. The molecule has 0 unspecified atom stereocenters. The first-order chi connectivity index (χ1) is 11.4. The van der Waals surface area contributed by atoms with Crippen LogP contribution in [-0.2, 0) is 0 Å². The number of rotatable bonds is 3. The van der Waals surface area contributed by atoms with Gasteiger partial charge in [0.2, 0.25) is 0 Å². The molecule has 3 aromatic rings. The largest absolute Gasteiger partial charge is 0.476 e. The summed E-state index contributed by atoms with van der Waals surface area (Å²) in [5.74, 6) is -1.03. The van der Waals surface area contributed by atoms with Crippen molar-refractivity contribution in [3.8, 4) is 0 Å². The number of aromatic nitrogens is 2. The number of pyridine rings is 1. The Balaban J connectivity index is 2.18. The molecule has 6 nitrogen and oxygen atoms in total. The lowest BCUT2D eigenvalue weighted by Crippen LogP contribution is -1.96. The lowest BCUT2D eigenvalue weighted by molar-refractivity contribution is 0.0692. The van der Waals surface area contributed by atoms with E-state index in [1.807, 2.05) is 32.9 Å². The van der Waals surface area contributed by atoms with Crippen molar-refractivity contribution in [2.24, 2.45) is 10.2 Å². The van der Waals surface area contributed by atoms with Crippen LogP contribution >= 0.6 is 11.6 Å². The molecule has 2 heterocycles. The van der Waals surface area contributed by atoms with E-state index >= 15 is 0 Å². The maximum atomic E-state index is 11.5. The topological polar surface area (TPSA) is 79.3 Å². The van der Waals surface area contributed by atoms with Gasteiger partial charge >= 0.3 is 5.97 Å². The SMILES string of the molecule is Cc1cc(C)c(N=Nc2c(C(=O)O)nc3ccc(Cl)cn23)c(C)c1. The average molecular weight is 343 g/mol. The first-order valence-electron chi connectivity index (χ1n) is 7.27. The number of nitrogens with zero attached hydrogens (tertiary/aromatic N) is 4. The van der Waals surface area contributed by atoms with Crippen LogP contribution in [0.1, 0.15) is 27.2 Å².